The number of aromatic nitrogens is 2. The summed E-state index contributed by atoms with van der Waals surface area (Å²) >= 11 is 0. The third kappa shape index (κ3) is 5.62. The summed E-state index contributed by atoms with van der Waals surface area (Å²) in [6.45, 7) is 8.80. The van der Waals surface area contributed by atoms with Gasteiger partial charge in [0.25, 0.3) is 5.91 Å². The SMILES string of the molecule is CCOC(=O)c1cnn(-c2ccc(C(=O)NCc3ccccc3COC(C)C)cc2)c1C. The van der Waals surface area contributed by atoms with Crippen molar-refractivity contribution in [3.63, 3.8) is 0 Å². The monoisotopic (exact) mass is 435 g/mol. The molecular formula is C25H29N3O4. The van der Waals surface area contributed by atoms with E-state index in [-0.39, 0.29) is 12.0 Å². The van der Waals surface area contributed by atoms with E-state index in [1.165, 1.54) is 6.20 Å². The second-order valence-corrected chi connectivity index (χ2v) is 7.63. The molecule has 168 valence electrons. The van der Waals surface area contributed by atoms with Crippen LogP contribution in [0.1, 0.15) is 58.3 Å². The van der Waals surface area contributed by atoms with E-state index >= 15 is 0 Å². The lowest BCUT2D eigenvalue weighted by atomic mass is 10.1. The lowest BCUT2D eigenvalue weighted by molar-refractivity contribution is 0.0525. The summed E-state index contributed by atoms with van der Waals surface area (Å²) in [7, 11) is 0. The van der Waals surface area contributed by atoms with E-state index < -0.39 is 5.97 Å². The van der Waals surface area contributed by atoms with E-state index in [1.807, 2.05) is 38.1 Å². The molecular weight excluding hydrogens is 406 g/mol. The normalized spacial score (nSPS) is 10.9. The Balaban J connectivity index is 1.66. The van der Waals surface area contributed by atoms with Gasteiger partial charge in [-0.15, -0.1) is 0 Å². The number of rotatable bonds is 9. The molecule has 1 amide bonds. The van der Waals surface area contributed by atoms with Gasteiger partial charge >= 0.3 is 5.97 Å². The number of carbonyl (C=O) groups is 2. The Morgan fingerprint density at radius 1 is 1.06 bits per heavy atom. The molecule has 0 radical (unpaired) electrons. The number of benzene rings is 2. The van der Waals surface area contributed by atoms with Crippen LogP contribution in [-0.2, 0) is 22.6 Å². The Labute approximate surface area is 188 Å². The maximum absolute atomic E-state index is 12.6. The average Bonchev–Trinajstić information content (AvgIpc) is 3.18. The fourth-order valence-electron chi connectivity index (χ4n) is 3.24. The molecule has 3 rings (SSSR count). The average molecular weight is 436 g/mol. The zero-order valence-electron chi connectivity index (χ0n) is 18.9. The van der Waals surface area contributed by atoms with Crippen LogP contribution in [0.15, 0.2) is 54.7 Å². The van der Waals surface area contributed by atoms with Crippen LogP contribution in [0.3, 0.4) is 0 Å². The van der Waals surface area contributed by atoms with Crippen molar-refractivity contribution in [2.75, 3.05) is 6.61 Å². The van der Waals surface area contributed by atoms with E-state index in [0.717, 1.165) is 16.8 Å². The highest BCUT2D eigenvalue weighted by atomic mass is 16.5. The lowest BCUT2D eigenvalue weighted by Crippen LogP contribution is -2.23. The van der Waals surface area contributed by atoms with Crippen LogP contribution in [0.4, 0.5) is 0 Å². The van der Waals surface area contributed by atoms with Gasteiger partial charge in [0, 0.05) is 12.1 Å². The predicted octanol–water partition coefficient (Wildman–Crippen LogP) is 4.21. The predicted molar refractivity (Wildman–Crippen MR) is 122 cm³/mol. The number of ether oxygens (including phenoxy) is 2. The minimum atomic E-state index is -0.397. The fraction of sp³-hybridized carbons (Fsp3) is 0.320. The summed E-state index contributed by atoms with van der Waals surface area (Å²) in [4.78, 5) is 24.7. The van der Waals surface area contributed by atoms with Gasteiger partial charge in [0.2, 0.25) is 0 Å². The van der Waals surface area contributed by atoms with Crippen molar-refractivity contribution in [2.24, 2.45) is 0 Å². The van der Waals surface area contributed by atoms with Gasteiger partial charge in [-0.25, -0.2) is 9.48 Å². The van der Waals surface area contributed by atoms with Crippen molar-refractivity contribution in [3.05, 3.63) is 82.7 Å². The van der Waals surface area contributed by atoms with Crippen molar-refractivity contribution >= 4 is 11.9 Å². The summed E-state index contributed by atoms with van der Waals surface area (Å²) in [6, 6.07) is 15.0. The van der Waals surface area contributed by atoms with Crippen LogP contribution >= 0.6 is 0 Å². The highest BCUT2D eigenvalue weighted by molar-refractivity contribution is 5.94. The molecule has 2 aromatic carbocycles. The molecule has 3 aromatic rings. The summed E-state index contributed by atoms with van der Waals surface area (Å²) < 4.78 is 12.4. The van der Waals surface area contributed by atoms with Crippen molar-refractivity contribution in [2.45, 2.75) is 47.0 Å². The Morgan fingerprint density at radius 2 is 1.75 bits per heavy atom. The van der Waals surface area contributed by atoms with Crippen molar-refractivity contribution in [1.29, 1.82) is 0 Å². The van der Waals surface area contributed by atoms with Gasteiger partial charge in [0.05, 0.1) is 36.9 Å². The Hall–Kier alpha value is -3.45. The molecule has 0 bridgehead atoms. The molecule has 0 unspecified atom stereocenters. The lowest BCUT2D eigenvalue weighted by Gasteiger charge is -2.13. The number of nitrogens with zero attached hydrogens (tertiary/aromatic N) is 2. The van der Waals surface area contributed by atoms with Crippen molar-refractivity contribution in [3.8, 4) is 5.69 Å². The minimum absolute atomic E-state index is 0.142. The zero-order chi connectivity index (χ0) is 23.1. The maximum Gasteiger partial charge on any atom is 0.341 e. The summed E-state index contributed by atoms with van der Waals surface area (Å²) in [5.41, 5.74) is 4.49. The van der Waals surface area contributed by atoms with Crippen LogP contribution in [0.5, 0.6) is 0 Å². The van der Waals surface area contributed by atoms with Crippen LogP contribution in [-0.4, -0.2) is 34.4 Å². The zero-order valence-corrected chi connectivity index (χ0v) is 18.9. The first-order chi connectivity index (χ1) is 15.4. The number of esters is 1. The first-order valence-electron chi connectivity index (χ1n) is 10.7. The number of carbonyl (C=O) groups excluding carboxylic acids is 2. The molecule has 0 saturated heterocycles. The molecule has 0 aliphatic rings. The number of hydrogen-bond acceptors (Lipinski definition) is 5. The van der Waals surface area contributed by atoms with Crippen LogP contribution in [0.2, 0.25) is 0 Å². The molecule has 0 spiro atoms. The quantitative estimate of drug-likeness (QED) is 0.509. The minimum Gasteiger partial charge on any atom is -0.462 e. The van der Waals surface area contributed by atoms with Gasteiger partial charge in [0.15, 0.2) is 0 Å². The Morgan fingerprint density at radius 3 is 2.41 bits per heavy atom. The molecule has 0 fully saturated rings. The van der Waals surface area contributed by atoms with Crippen molar-refractivity contribution < 1.29 is 19.1 Å². The summed E-state index contributed by atoms with van der Waals surface area (Å²) in [5.74, 6) is -0.563. The van der Waals surface area contributed by atoms with Gasteiger partial charge in [-0.3, -0.25) is 4.79 Å². The van der Waals surface area contributed by atoms with Crippen LogP contribution < -0.4 is 5.32 Å². The second kappa shape index (κ2) is 10.7. The smallest absolute Gasteiger partial charge is 0.341 e. The molecule has 1 heterocycles. The van der Waals surface area contributed by atoms with E-state index in [4.69, 9.17) is 9.47 Å². The molecule has 0 aliphatic heterocycles. The molecule has 0 saturated carbocycles. The molecule has 7 nitrogen and oxygen atoms in total. The molecule has 1 aromatic heterocycles. The number of nitrogens with one attached hydrogen (secondary N) is 1. The molecule has 0 aliphatic carbocycles. The van der Waals surface area contributed by atoms with Gasteiger partial charge < -0.3 is 14.8 Å². The topological polar surface area (TPSA) is 82.5 Å². The standard InChI is InChI=1S/C25H29N3O4/c1-5-31-25(30)23-15-27-28(18(23)4)22-12-10-19(11-13-22)24(29)26-14-20-8-6-7-9-21(20)16-32-17(2)3/h6-13,15,17H,5,14,16H2,1-4H3,(H,26,29). The number of amides is 1. The van der Waals surface area contributed by atoms with Crippen molar-refractivity contribution in [1.82, 2.24) is 15.1 Å². The van der Waals surface area contributed by atoms with E-state index in [2.05, 4.69) is 10.4 Å². The van der Waals surface area contributed by atoms with E-state index in [0.29, 0.717) is 36.6 Å². The highest BCUT2D eigenvalue weighted by Gasteiger charge is 2.16. The van der Waals surface area contributed by atoms with Gasteiger partial charge in [-0.05, 0) is 63.1 Å². The van der Waals surface area contributed by atoms with Gasteiger partial charge in [-0.2, -0.15) is 5.10 Å². The largest absolute Gasteiger partial charge is 0.462 e. The summed E-state index contributed by atoms with van der Waals surface area (Å²) in [5, 5.41) is 7.25. The maximum atomic E-state index is 12.6. The van der Waals surface area contributed by atoms with Crippen LogP contribution in [0, 0.1) is 6.92 Å². The molecule has 1 N–H and O–H groups in total. The highest BCUT2D eigenvalue weighted by Crippen LogP contribution is 2.16. The molecule has 7 heteroatoms. The summed E-state index contributed by atoms with van der Waals surface area (Å²) in [6.07, 6.45) is 1.64. The van der Waals surface area contributed by atoms with Gasteiger partial charge in [-0.1, -0.05) is 24.3 Å². The number of hydrogen-bond donors (Lipinski definition) is 1. The first kappa shape index (κ1) is 23.2. The van der Waals surface area contributed by atoms with E-state index in [1.54, 1.807) is 42.8 Å². The Bertz CT molecular complexity index is 1070. The van der Waals surface area contributed by atoms with E-state index in [9.17, 15) is 9.59 Å². The van der Waals surface area contributed by atoms with Gasteiger partial charge in [0.1, 0.15) is 5.56 Å². The first-order valence-corrected chi connectivity index (χ1v) is 10.7. The third-order valence-electron chi connectivity index (χ3n) is 5.01. The third-order valence-corrected chi connectivity index (χ3v) is 5.01. The Kier molecular flexibility index (Phi) is 7.78. The second-order valence-electron chi connectivity index (χ2n) is 7.63. The molecule has 32 heavy (non-hydrogen) atoms. The van der Waals surface area contributed by atoms with Crippen LogP contribution in [0.25, 0.3) is 5.69 Å². The molecule has 0 atom stereocenters. The fourth-order valence-corrected chi connectivity index (χ4v) is 3.24.